The lowest BCUT2D eigenvalue weighted by Gasteiger charge is -2.17. The van der Waals surface area contributed by atoms with Gasteiger partial charge in [0.2, 0.25) is 10.0 Å². The van der Waals surface area contributed by atoms with Crippen molar-refractivity contribution in [3.05, 3.63) is 35.9 Å². The number of sulfonamides is 1. The predicted molar refractivity (Wildman–Crippen MR) is 68.6 cm³/mol. The molecule has 0 heterocycles. The summed E-state index contributed by atoms with van der Waals surface area (Å²) in [6, 6.07) is 9.59. The molecule has 1 aromatic rings. The molecule has 0 radical (unpaired) electrons. The number of nitrogens with zero attached hydrogens (tertiary/aromatic N) is 1. The molecule has 0 amide bonds. The standard InChI is InChI=1S/C12H14N2O4S/c13-8-9-19(17,18)14-11(6-7-12(15)16)10-4-2-1-3-5-10/h1-5,11,14H,6-7,9H2,(H,15,16). The summed E-state index contributed by atoms with van der Waals surface area (Å²) in [6.07, 6.45) is -0.0291. The number of carboxylic acid groups (broad SMARTS) is 1. The fraction of sp³-hybridized carbons (Fsp3) is 0.333. The molecular formula is C12H14N2O4S. The first-order chi connectivity index (χ1) is 8.94. The second kappa shape index (κ2) is 6.87. The van der Waals surface area contributed by atoms with Crippen LogP contribution in [0.3, 0.4) is 0 Å². The van der Waals surface area contributed by atoms with Crippen LogP contribution in [0, 0.1) is 11.3 Å². The monoisotopic (exact) mass is 282 g/mol. The summed E-state index contributed by atoms with van der Waals surface area (Å²) in [4.78, 5) is 10.6. The third-order valence-corrected chi connectivity index (χ3v) is 3.58. The fourth-order valence-corrected chi connectivity index (χ4v) is 2.53. The van der Waals surface area contributed by atoms with Crippen LogP contribution < -0.4 is 4.72 Å². The molecule has 0 fully saturated rings. The van der Waals surface area contributed by atoms with E-state index in [-0.39, 0.29) is 12.8 Å². The minimum atomic E-state index is -3.73. The van der Waals surface area contributed by atoms with E-state index in [9.17, 15) is 13.2 Å². The SMILES string of the molecule is N#CCS(=O)(=O)NC(CCC(=O)O)c1ccccc1. The van der Waals surface area contributed by atoms with E-state index in [0.717, 1.165) is 0 Å². The van der Waals surface area contributed by atoms with Gasteiger partial charge < -0.3 is 5.11 Å². The van der Waals surface area contributed by atoms with Crippen molar-refractivity contribution in [3.8, 4) is 6.07 Å². The van der Waals surface area contributed by atoms with Gasteiger partial charge in [-0.15, -0.1) is 0 Å². The van der Waals surface area contributed by atoms with Gasteiger partial charge >= 0.3 is 5.97 Å². The number of hydrogen-bond acceptors (Lipinski definition) is 4. The molecule has 0 aliphatic rings. The van der Waals surface area contributed by atoms with Crippen molar-refractivity contribution in [3.63, 3.8) is 0 Å². The number of nitriles is 1. The summed E-state index contributed by atoms with van der Waals surface area (Å²) in [5, 5.41) is 17.1. The highest BCUT2D eigenvalue weighted by Gasteiger charge is 2.19. The highest BCUT2D eigenvalue weighted by Crippen LogP contribution is 2.19. The lowest BCUT2D eigenvalue weighted by Crippen LogP contribution is -2.30. The molecule has 19 heavy (non-hydrogen) atoms. The number of hydrogen-bond donors (Lipinski definition) is 2. The van der Waals surface area contributed by atoms with E-state index < -0.39 is 27.8 Å². The van der Waals surface area contributed by atoms with Crippen molar-refractivity contribution in [2.24, 2.45) is 0 Å². The molecule has 102 valence electrons. The molecule has 1 rings (SSSR count). The maximum absolute atomic E-state index is 11.6. The fourth-order valence-electron chi connectivity index (χ4n) is 1.59. The molecule has 0 saturated heterocycles. The quantitative estimate of drug-likeness (QED) is 0.776. The van der Waals surface area contributed by atoms with Gasteiger partial charge in [-0.25, -0.2) is 13.1 Å². The lowest BCUT2D eigenvalue weighted by molar-refractivity contribution is -0.137. The Hall–Kier alpha value is -1.91. The zero-order valence-electron chi connectivity index (χ0n) is 10.1. The van der Waals surface area contributed by atoms with Crippen LogP contribution in [-0.4, -0.2) is 25.2 Å². The third kappa shape index (κ3) is 5.50. The van der Waals surface area contributed by atoms with Gasteiger partial charge in [-0.1, -0.05) is 30.3 Å². The van der Waals surface area contributed by atoms with E-state index in [1.807, 2.05) is 0 Å². The molecule has 1 unspecified atom stereocenters. The Labute approximate surface area is 111 Å². The maximum Gasteiger partial charge on any atom is 0.303 e. The smallest absolute Gasteiger partial charge is 0.303 e. The molecule has 0 saturated carbocycles. The highest BCUT2D eigenvalue weighted by atomic mass is 32.2. The molecule has 0 bridgehead atoms. The number of carboxylic acids is 1. The van der Waals surface area contributed by atoms with Crippen LogP contribution >= 0.6 is 0 Å². The molecule has 7 heteroatoms. The van der Waals surface area contributed by atoms with E-state index in [1.165, 1.54) is 0 Å². The Kier molecular flexibility index (Phi) is 5.48. The van der Waals surface area contributed by atoms with Crippen molar-refractivity contribution in [1.82, 2.24) is 4.72 Å². The van der Waals surface area contributed by atoms with Gasteiger partial charge in [0.25, 0.3) is 0 Å². The van der Waals surface area contributed by atoms with Crippen LogP contribution in [0.4, 0.5) is 0 Å². The molecule has 6 nitrogen and oxygen atoms in total. The van der Waals surface area contributed by atoms with Crippen molar-refractivity contribution >= 4 is 16.0 Å². The summed E-state index contributed by atoms with van der Waals surface area (Å²) in [7, 11) is -3.73. The minimum Gasteiger partial charge on any atom is -0.481 e. The lowest BCUT2D eigenvalue weighted by atomic mass is 10.0. The van der Waals surface area contributed by atoms with E-state index in [0.29, 0.717) is 5.56 Å². The molecule has 0 aliphatic carbocycles. The molecular weight excluding hydrogens is 268 g/mol. The molecule has 1 atom stereocenters. The number of nitrogens with one attached hydrogen (secondary N) is 1. The average Bonchev–Trinajstić information content (AvgIpc) is 2.35. The number of rotatable bonds is 7. The van der Waals surface area contributed by atoms with Crippen LogP contribution in [0.15, 0.2) is 30.3 Å². The van der Waals surface area contributed by atoms with E-state index in [2.05, 4.69) is 4.72 Å². The normalized spacial score (nSPS) is 12.6. The van der Waals surface area contributed by atoms with Gasteiger partial charge in [0.15, 0.2) is 5.75 Å². The highest BCUT2D eigenvalue weighted by molar-refractivity contribution is 7.89. The van der Waals surface area contributed by atoms with Crippen LogP contribution in [0.2, 0.25) is 0 Å². The average molecular weight is 282 g/mol. The Morgan fingerprint density at radius 2 is 2.00 bits per heavy atom. The van der Waals surface area contributed by atoms with Gasteiger partial charge in [0, 0.05) is 12.5 Å². The first kappa shape index (κ1) is 15.1. The van der Waals surface area contributed by atoms with Gasteiger partial charge in [-0.2, -0.15) is 5.26 Å². The number of aliphatic carboxylic acids is 1. The number of carbonyl (C=O) groups is 1. The summed E-state index contributed by atoms with van der Waals surface area (Å²) in [5.74, 6) is -1.65. The van der Waals surface area contributed by atoms with Crippen LogP contribution in [-0.2, 0) is 14.8 Å². The van der Waals surface area contributed by atoms with Gasteiger partial charge in [0.1, 0.15) is 0 Å². The molecule has 0 spiro atoms. The Morgan fingerprint density at radius 3 is 2.53 bits per heavy atom. The van der Waals surface area contributed by atoms with Crippen LogP contribution in [0.25, 0.3) is 0 Å². The third-order valence-electron chi connectivity index (χ3n) is 2.43. The van der Waals surface area contributed by atoms with Gasteiger partial charge in [-0.3, -0.25) is 4.79 Å². The zero-order chi connectivity index (χ0) is 14.3. The predicted octanol–water partition coefficient (Wildman–Crippen LogP) is 1.04. The molecule has 0 aliphatic heterocycles. The first-order valence-corrected chi connectivity index (χ1v) is 7.23. The largest absolute Gasteiger partial charge is 0.481 e. The number of benzene rings is 1. The summed E-state index contributed by atoms with van der Waals surface area (Å²) >= 11 is 0. The van der Waals surface area contributed by atoms with Crippen molar-refractivity contribution in [2.75, 3.05) is 5.75 Å². The van der Waals surface area contributed by atoms with Crippen molar-refractivity contribution < 1.29 is 18.3 Å². The Bertz CT molecular complexity index is 563. The topological polar surface area (TPSA) is 107 Å². The Balaban J connectivity index is 2.88. The second-order valence-corrected chi connectivity index (χ2v) is 5.68. The summed E-state index contributed by atoms with van der Waals surface area (Å²) in [6.45, 7) is 0. The molecule has 2 N–H and O–H groups in total. The van der Waals surface area contributed by atoms with E-state index in [4.69, 9.17) is 10.4 Å². The molecule has 1 aromatic carbocycles. The zero-order valence-corrected chi connectivity index (χ0v) is 10.9. The van der Waals surface area contributed by atoms with Gasteiger partial charge in [0.05, 0.1) is 6.07 Å². The van der Waals surface area contributed by atoms with Gasteiger partial charge in [-0.05, 0) is 12.0 Å². The second-order valence-electron chi connectivity index (χ2n) is 3.93. The maximum atomic E-state index is 11.6. The Morgan fingerprint density at radius 1 is 1.37 bits per heavy atom. The minimum absolute atomic E-state index is 0.129. The van der Waals surface area contributed by atoms with Crippen LogP contribution in [0.1, 0.15) is 24.4 Å². The first-order valence-electron chi connectivity index (χ1n) is 5.58. The van der Waals surface area contributed by atoms with Crippen LogP contribution in [0.5, 0.6) is 0 Å². The summed E-state index contributed by atoms with van der Waals surface area (Å²) < 4.78 is 25.5. The van der Waals surface area contributed by atoms with Crippen molar-refractivity contribution in [2.45, 2.75) is 18.9 Å². The van der Waals surface area contributed by atoms with E-state index >= 15 is 0 Å². The van der Waals surface area contributed by atoms with E-state index in [1.54, 1.807) is 36.4 Å². The van der Waals surface area contributed by atoms with Crippen molar-refractivity contribution in [1.29, 1.82) is 5.26 Å². The molecule has 0 aromatic heterocycles. The summed E-state index contributed by atoms with van der Waals surface area (Å²) in [5.41, 5.74) is 0.672.